The smallest absolute Gasteiger partial charge is 0.303 e. The summed E-state index contributed by atoms with van der Waals surface area (Å²) in [5.74, 6) is -3.33. The van der Waals surface area contributed by atoms with Gasteiger partial charge in [-0.3, -0.25) is 28.8 Å². The molecule has 0 saturated carbocycles. The molecule has 19 nitrogen and oxygen atoms in total. The third-order valence-electron chi connectivity index (χ3n) is 7.26. The van der Waals surface area contributed by atoms with Gasteiger partial charge < -0.3 is 47.5 Å². The van der Waals surface area contributed by atoms with E-state index in [2.05, 4.69) is 10.0 Å². The summed E-state index contributed by atoms with van der Waals surface area (Å²) in [5.41, 5.74) is 8.50. The van der Waals surface area contributed by atoms with Crippen molar-refractivity contribution in [2.24, 2.45) is 5.11 Å². The molecule has 290 valence electrons. The lowest BCUT2D eigenvalue weighted by Crippen LogP contribution is -2.63. The van der Waals surface area contributed by atoms with E-state index >= 15 is 0 Å². The summed E-state index contributed by atoms with van der Waals surface area (Å²) in [5, 5.41) is 3.71. The highest BCUT2D eigenvalue weighted by atomic mass is 32.1. The molecule has 1 fully saturated rings. The van der Waals surface area contributed by atoms with Crippen LogP contribution < -0.4 is 4.74 Å². The van der Waals surface area contributed by atoms with Crippen molar-refractivity contribution < 1.29 is 71.4 Å². The summed E-state index contributed by atoms with van der Waals surface area (Å²) < 4.78 is 50.4. The van der Waals surface area contributed by atoms with Crippen LogP contribution in [0.1, 0.15) is 47.7 Å². The first-order valence-corrected chi connectivity index (χ1v) is 17.2. The zero-order chi connectivity index (χ0) is 38.9. The van der Waals surface area contributed by atoms with Crippen molar-refractivity contribution in [2.45, 2.75) is 58.4 Å². The molecule has 1 aliphatic heterocycles. The quantitative estimate of drug-likeness (QED) is 0.0338. The Morgan fingerprint density at radius 2 is 1.47 bits per heavy atom. The van der Waals surface area contributed by atoms with Gasteiger partial charge in [0.15, 0.2) is 18.5 Å². The molecule has 2 aromatic rings. The van der Waals surface area contributed by atoms with Crippen LogP contribution in [0.2, 0.25) is 0 Å². The van der Waals surface area contributed by atoms with Crippen LogP contribution in [0.4, 0.5) is 0 Å². The van der Waals surface area contributed by atoms with Gasteiger partial charge in [-0.25, -0.2) is 0 Å². The molecule has 0 radical (unpaired) electrons. The van der Waals surface area contributed by atoms with Gasteiger partial charge in [0.05, 0.1) is 44.5 Å². The van der Waals surface area contributed by atoms with Gasteiger partial charge in [-0.05, 0) is 23.7 Å². The van der Waals surface area contributed by atoms with Gasteiger partial charge in [0.1, 0.15) is 18.5 Å². The molecule has 0 bridgehead atoms. The lowest BCUT2D eigenvalue weighted by molar-refractivity contribution is -0.288. The number of esters is 4. The standard InChI is InChI=1S/C33H42N4O15S/c1-19(39)47-18-26-28(48-20(2)40)29(49-21(3)41)30(50-22(4)42)33(52-26)51-25-7-6-23(17-38)31-24(25)16-27(53-31)32(43)37(5)9-11-45-13-15-46-14-12-44-10-8-35-36-34/h6-7,16-17,26,28-30,33H,8-15,18H2,1-5H3/t26-,28+,29+,30?,33-/m1/s1. The number of hydrogen-bond acceptors (Lipinski definition) is 17. The molecule has 20 heteroatoms. The zero-order valence-corrected chi connectivity index (χ0v) is 30.7. The molecule has 1 unspecified atom stereocenters. The molecular weight excluding hydrogens is 724 g/mol. The van der Waals surface area contributed by atoms with E-state index < -0.39 is 61.2 Å². The largest absolute Gasteiger partial charge is 0.463 e. The highest BCUT2D eigenvalue weighted by Crippen LogP contribution is 2.38. The number of thiophene rings is 1. The van der Waals surface area contributed by atoms with Crippen LogP contribution in [-0.2, 0) is 57.1 Å². The maximum atomic E-state index is 13.4. The minimum absolute atomic E-state index is 0.105. The highest BCUT2D eigenvalue weighted by molar-refractivity contribution is 7.21. The molecule has 3 rings (SSSR count). The molecule has 1 amide bonds. The van der Waals surface area contributed by atoms with Crippen molar-refractivity contribution in [2.75, 3.05) is 66.4 Å². The SMILES string of the molecule is CC(=O)OC[C@H]1O[C@@H](Oc2ccc(C=O)c3sc(C(=O)N(C)CCOCCOCCOCCN=[N+]=[N-])cc23)C(OC(C)=O)[C@@H](OC(C)=O)[C@H]1OC(C)=O. The molecule has 0 N–H and O–H groups in total. The lowest BCUT2D eigenvalue weighted by Gasteiger charge is -2.44. The van der Waals surface area contributed by atoms with Crippen LogP contribution in [0.15, 0.2) is 23.3 Å². The van der Waals surface area contributed by atoms with E-state index in [0.29, 0.717) is 42.8 Å². The Bertz CT molecular complexity index is 1650. The molecule has 53 heavy (non-hydrogen) atoms. The summed E-state index contributed by atoms with van der Waals surface area (Å²) in [7, 11) is 1.59. The second-order valence-corrected chi connectivity index (χ2v) is 12.4. The molecule has 0 aliphatic carbocycles. The number of amides is 1. The number of likely N-dealkylation sites (N-methyl/N-ethyl adjacent to an activating group) is 1. The first-order chi connectivity index (χ1) is 25.4. The molecule has 1 aromatic carbocycles. The third kappa shape index (κ3) is 13.3. The maximum Gasteiger partial charge on any atom is 0.303 e. The zero-order valence-electron chi connectivity index (χ0n) is 29.9. The first-order valence-electron chi connectivity index (χ1n) is 16.3. The second-order valence-electron chi connectivity index (χ2n) is 11.3. The number of nitrogens with zero attached hydrogens (tertiary/aromatic N) is 4. The number of hydrogen-bond donors (Lipinski definition) is 0. The Balaban J connectivity index is 1.78. The van der Waals surface area contributed by atoms with Crippen molar-refractivity contribution in [3.8, 4) is 5.75 Å². The van der Waals surface area contributed by atoms with Crippen molar-refractivity contribution in [1.29, 1.82) is 0 Å². The minimum atomic E-state index is -1.53. The number of aldehydes is 1. The molecule has 1 aliphatic rings. The summed E-state index contributed by atoms with van der Waals surface area (Å²) in [6.45, 7) is 6.30. The van der Waals surface area contributed by atoms with Crippen LogP contribution in [0.5, 0.6) is 5.75 Å². The van der Waals surface area contributed by atoms with E-state index in [4.69, 9.17) is 48.2 Å². The normalized spacial score (nSPS) is 19.4. The van der Waals surface area contributed by atoms with Gasteiger partial charge in [-0.1, -0.05) is 5.11 Å². The maximum absolute atomic E-state index is 13.4. The Labute approximate surface area is 308 Å². The highest BCUT2D eigenvalue weighted by Gasteiger charge is 2.53. The van der Waals surface area contributed by atoms with E-state index in [0.717, 1.165) is 39.0 Å². The average molecular weight is 767 g/mol. The van der Waals surface area contributed by atoms with E-state index in [1.165, 1.54) is 23.1 Å². The molecule has 2 heterocycles. The van der Waals surface area contributed by atoms with Crippen LogP contribution in [-0.4, -0.2) is 138 Å². The number of fused-ring (bicyclic) bond motifs is 1. The number of carbonyl (C=O) groups is 6. The van der Waals surface area contributed by atoms with Crippen LogP contribution in [0.3, 0.4) is 0 Å². The molecule has 5 atom stereocenters. The monoisotopic (exact) mass is 766 g/mol. The van der Waals surface area contributed by atoms with E-state index in [1.807, 2.05) is 0 Å². The van der Waals surface area contributed by atoms with Gasteiger partial charge in [0.2, 0.25) is 12.4 Å². The minimum Gasteiger partial charge on any atom is -0.463 e. The van der Waals surface area contributed by atoms with Crippen LogP contribution in [0, 0.1) is 0 Å². The average Bonchev–Trinajstić information content (AvgIpc) is 3.55. The lowest BCUT2D eigenvalue weighted by atomic mass is 9.98. The summed E-state index contributed by atoms with van der Waals surface area (Å²) >= 11 is 1.05. The molecule has 1 aromatic heterocycles. The van der Waals surface area contributed by atoms with Crippen molar-refractivity contribution in [1.82, 2.24) is 4.90 Å². The van der Waals surface area contributed by atoms with E-state index in [9.17, 15) is 28.8 Å². The number of benzene rings is 1. The Morgan fingerprint density at radius 3 is 2.08 bits per heavy atom. The fraction of sp³-hybridized carbons (Fsp3) is 0.576. The second kappa shape index (κ2) is 21.6. The van der Waals surface area contributed by atoms with Gasteiger partial charge >= 0.3 is 23.9 Å². The van der Waals surface area contributed by atoms with Crippen molar-refractivity contribution >= 4 is 57.5 Å². The molecule has 1 saturated heterocycles. The van der Waals surface area contributed by atoms with Gasteiger partial charge in [-0.2, -0.15) is 0 Å². The third-order valence-corrected chi connectivity index (χ3v) is 8.44. The van der Waals surface area contributed by atoms with Gasteiger partial charge in [-0.15, -0.1) is 11.3 Å². The first kappa shape index (κ1) is 42.6. The fourth-order valence-corrected chi connectivity index (χ4v) is 6.16. The summed E-state index contributed by atoms with van der Waals surface area (Å²) in [4.78, 5) is 78.0. The summed E-state index contributed by atoms with van der Waals surface area (Å²) in [6.07, 6.45) is -6.47. The Kier molecular flexibility index (Phi) is 17.4. The number of rotatable bonds is 21. The van der Waals surface area contributed by atoms with E-state index in [-0.39, 0.29) is 48.4 Å². The van der Waals surface area contributed by atoms with Gasteiger partial charge in [0, 0.05) is 68.4 Å². The van der Waals surface area contributed by atoms with Crippen molar-refractivity contribution in [3.05, 3.63) is 39.1 Å². The van der Waals surface area contributed by atoms with Crippen molar-refractivity contribution in [3.63, 3.8) is 0 Å². The topological polar surface area (TPSA) is 237 Å². The Hall–Kier alpha value is -4.85. The van der Waals surface area contributed by atoms with Crippen LogP contribution >= 0.6 is 11.3 Å². The number of ether oxygens (including phenoxy) is 9. The predicted molar refractivity (Wildman–Crippen MR) is 183 cm³/mol. The molecule has 0 spiro atoms. The Morgan fingerprint density at radius 1 is 0.868 bits per heavy atom. The molecular formula is C33H42N4O15S. The summed E-state index contributed by atoms with van der Waals surface area (Å²) in [6, 6.07) is 4.46. The van der Waals surface area contributed by atoms with Crippen LogP contribution in [0.25, 0.3) is 20.5 Å². The predicted octanol–water partition coefficient (Wildman–Crippen LogP) is 2.61. The fourth-order valence-electron chi connectivity index (χ4n) is 5.01. The van der Waals surface area contributed by atoms with E-state index in [1.54, 1.807) is 7.05 Å². The number of carbonyl (C=O) groups excluding carboxylic acids is 6. The number of azide groups is 1. The van der Waals surface area contributed by atoms with Gasteiger partial charge in [0.25, 0.3) is 5.91 Å².